The van der Waals surface area contributed by atoms with Crippen LogP contribution in [-0.4, -0.2) is 43.4 Å². The van der Waals surface area contributed by atoms with Gasteiger partial charge in [-0.1, -0.05) is 6.07 Å². The molecule has 1 aliphatic rings. The van der Waals surface area contributed by atoms with E-state index in [1.807, 2.05) is 13.0 Å². The van der Waals surface area contributed by atoms with Gasteiger partial charge in [-0.25, -0.2) is 0 Å². The Morgan fingerprint density at radius 1 is 1.28 bits per heavy atom. The Kier molecular flexibility index (Phi) is 4.89. The van der Waals surface area contributed by atoms with Gasteiger partial charge in [0.1, 0.15) is 0 Å². The molecule has 1 aliphatic heterocycles. The highest BCUT2D eigenvalue weighted by Gasteiger charge is 2.25. The molecule has 0 fully saturated rings. The maximum absolute atomic E-state index is 12.5. The number of H-pyrrole nitrogens is 1. The number of aliphatic hydroxyl groups is 1. The fourth-order valence-electron chi connectivity index (χ4n) is 3.22. The molecule has 25 heavy (non-hydrogen) atoms. The number of carbonyl (C=O) groups is 1. The number of pyridine rings is 1. The topological polar surface area (TPSA) is 100 Å². The summed E-state index contributed by atoms with van der Waals surface area (Å²) in [4.78, 5) is 38.2. The van der Waals surface area contributed by atoms with Gasteiger partial charge in [-0.15, -0.1) is 0 Å². The van der Waals surface area contributed by atoms with Gasteiger partial charge in [-0.2, -0.15) is 0 Å². The van der Waals surface area contributed by atoms with Gasteiger partial charge in [0.05, 0.1) is 25.4 Å². The van der Waals surface area contributed by atoms with Crippen molar-refractivity contribution in [3.05, 3.63) is 55.9 Å². The van der Waals surface area contributed by atoms with Crippen LogP contribution < -0.4 is 11.1 Å². The van der Waals surface area contributed by atoms with Crippen LogP contribution in [-0.2, 0) is 30.8 Å². The van der Waals surface area contributed by atoms with E-state index in [0.717, 1.165) is 11.4 Å². The minimum Gasteiger partial charge on any atom is -0.394 e. The van der Waals surface area contributed by atoms with Crippen LogP contribution in [0.15, 0.2) is 27.8 Å². The zero-order valence-electron chi connectivity index (χ0n) is 14.2. The maximum Gasteiger partial charge on any atom is 0.270 e. The molecule has 0 radical (unpaired) electrons. The van der Waals surface area contributed by atoms with Crippen molar-refractivity contribution in [2.24, 2.45) is 0 Å². The van der Waals surface area contributed by atoms with E-state index in [1.54, 1.807) is 15.5 Å². The number of hydrogen-bond donors (Lipinski definition) is 2. The Hall–Kier alpha value is -2.61. The van der Waals surface area contributed by atoms with Gasteiger partial charge < -0.3 is 14.6 Å². The third-order valence-electron chi connectivity index (χ3n) is 4.61. The van der Waals surface area contributed by atoms with Crippen LogP contribution >= 0.6 is 0 Å². The number of carbonyl (C=O) groups excluding carboxylic acids is 1. The third kappa shape index (κ3) is 3.43. The summed E-state index contributed by atoms with van der Waals surface area (Å²) >= 11 is 0. The lowest BCUT2D eigenvalue weighted by molar-refractivity contribution is -0.132. The van der Waals surface area contributed by atoms with Crippen molar-refractivity contribution in [3.63, 3.8) is 0 Å². The first kappa shape index (κ1) is 17.2. The Morgan fingerprint density at radius 3 is 2.80 bits per heavy atom. The molecule has 0 saturated carbocycles. The summed E-state index contributed by atoms with van der Waals surface area (Å²) in [5.74, 6) is -0.0449. The number of fused-ring (bicyclic) bond motifs is 1. The Bertz CT molecular complexity index is 893. The van der Waals surface area contributed by atoms with E-state index in [0.29, 0.717) is 31.6 Å². The van der Waals surface area contributed by atoms with Crippen LogP contribution in [0.5, 0.6) is 0 Å². The van der Waals surface area contributed by atoms with E-state index in [9.17, 15) is 14.4 Å². The lowest BCUT2D eigenvalue weighted by Gasteiger charge is -2.26. The molecular formula is C17H22N4O4. The van der Waals surface area contributed by atoms with Crippen molar-refractivity contribution in [1.29, 1.82) is 0 Å². The number of aromatic nitrogens is 3. The largest absolute Gasteiger partial charge is 0.394 e. The van der Waals surface area contributed by atoms with Crippen LogP contribution in [0.25, 0.3) is 0 Å². The van der Waals surface area contributed by atoms with E-state index in [1.165, 1.54) is 10.7 Å². The number of nitrogens with zero attached hydrogens (tertiary/aromatic N) is 3. The van der Waals surface area contributed by atoms with E-state index < -0.39 is 0 Å². The van der Waals surface area contributed by atoms with Crippen molar-refractivity contribution >= 4 is 5.91 Å². The van der Waals surface area contributed by atoms with Gasteiger partial charge in [0.15, 0.2) is 0 Å². The van der Waals surface area contributed by atoms with Crippen LogP contribution in [0.2, 0.25) is 0 Å². The van der Waals surface area contributed by atoms with Gasteiger partial charge in [-0.05, 0) is 19.4 Å². The standard InChI is InChI=1S/C17H22N4O4/c1-12-3-2-4-16(24)20(12)8-6-15(23)19-7-5-13-14(11-19)18-21(9-10-22)17(13)25/h2-4,18,22H,5-11H2,1H3. The number of hydrogen-bond acceptors (Lipinski definition) is 4. The molecule has 0 spiro atoms. The molecule has 0 unspecified atom stereocenters. The number of amides is 1. The maximum atomic E-state index is 12.5. The molecule has 3 rings (SSSR count). The van der Waals surface area contributed by atoms with Gasteiger partial charge in [0, 0.05) is 36.8 Å². The molecule has 8 nitrogen and oxygen atoms in total. The van der Waals surface area contributed by atoms with Crippen LogP contribution in [0.4, 0.5) is 0 Å². The highest BCUT2D eigenvalue weighted by Crippen LogP contribution is 2.15. The average Bonchev–Trinajstić information content (AvgIpc) is 2.90. The molecular weight excluding hydrogens is 324 g/mol. The third-order valence-corrected chi connectivity index (χ3v) is 4.61. The monoisotopic (exact) mass is 346 g/mol. The van der Waals surface area contributed by atoms with E-state index in [-0.39, 0.29) is 36.6 Å². The minimum atomic E-state index is -0.123. The number of aromatic amines is 1. The fourth-order valence-corrected chi connectivity index (χ4v) is 3.22. The highest BCUT2D eigenvalue weighted by molar-refractivity contribution is 5.76. The molecule has 2 N–H and O–H groups in total. The molecule has 0 atom stereocenters. The zero-order chi connectivity index (χ0) is 18.0. The Labute approximate surface area is 144 Å². The molecule has 0 aliphatic carbocycles. The molecule has 0 aromatic carbocycles. The molecule has 2 aromatic rings. The van der Waals surface area contributed by atoms with Crippen molar-refractivity contribution in [3.8, 4) is 0 Å². The normalized spacial score (nSPS) is 13.8. The second kappa shape index (κ2) is 7.10. The fraction of sp³-hybridized carbons (Fsp3) is 0.471. The van der Waals surface area contributed by atoms with Crippen molar-refractivity contribution in [2.75, 3.05) is 13.2 Å². The van der Waals surface area contributed by atoms with Crippen molar-refractivity contribution in [1.82, 2.24) is 19.2 Å². The number of rotatable bonds is 5. The smallest absolute Gasteiger partial charge is 0.270 e. The summed E-state index contributed by atoms with van der Waals surface area (Å²) in [6.07, 6.45) is 0.737. The first-order chi connectivity index (χ1) is 12.0. The predicted molar refractivity (Wildman–Crippen MR) is 91.3 cm³/mol. The number of nitrogens with one attached hydrogen (secondary N) is 1. The summed E-state index contributed by atoms with van der Waals surface area (Å²) in [6, 6.07) is 5.03. The molecule has 2 aromatic heterocycles. The van der Waals surface area contributed by atoms with E-state index in [4.69, 9.17) is 5.11 Å². The molecule has 8 heteroatoms. The number of aliphatic hydroxyl groups excluding tert-OH is 1. The highest BCUT2D eigenvalue weighted by atomic mass is 16.3. The predicted octanol–water partition coefficient (Wildman–Crippen LogP) is -0.386. The van der Waals surface area contributed by atoms with Crippen molar-refractivity contribution in [2.45, 2.75) is 39.4 Å². The first-order valence-corrected chi connectivity index (χ1v) is 8.37. The molecule has 0 bridgehead atoms. The van der Waals surface area contributed by atoms with Crippen molar-refractivity contribution < 1.29 is 9.90 Å². The molecule has 134 valence electrons. The summed E-state index contributed by atoms with van der Waals surface area (Å²) in [5, 5.41) is 12.0. The summed E-state index contributed by atoms with van der Waals surface area (Å²) in [6.45, 7) is 3.12. The first-order valence-electron chi connectivity index (χ1n) is 8.37. The Balaban J connectivity index is 1.67. The minimum absolute atomic E-state index is 0.0449. The quantitative estimate of drug-likeness (QED) is 0.770. The number of aryl methyl sites for hydroxylation is 1. The van der Waals surface area contributed by atoms with Gasteiger partial charge in [0.25, 0.3) is 11.1 Å². The van der Waals surface area contributed by atoms with Gasteiger partial charge in [0.2, 0.25) is 5.91 Å². The van der Waals surface area contributed by atoms with E-state index >= 15 is 0 Å². The summed E-state index contributed by atoms with van der Waals surface area (Å²) < 4.78 is 2.97. The molecule has 3 heterocycles. The molecule has 0 saturated heterocycles. The summed E-state index contributed by atoms with van der Waals surface area (Å²) in [7, 11) is 0. The van der Waals surface area contributed by atoms with Crippen LogP contribution in [0.3, 0.4) is 0 Å². The van der Waals surface area contributed by atoms with Gasteiger partial charge in [-0.3, -0.25) is 24.2 Å². The summed E-state index contributed by atoms with van der Waals surface area (Å²) in [5.41, 5.74) is 2.01. The lowest BCUT2D eigenvalue weighted by Crippen LogP contribution is -2.38. The lowest BCUT2D eigenvalue weighted by atomic mass is 10.1. The van der Waals surface area contributed by atoms with E-state index in [2.05, 4.69) is 5.10 Å². The second-order valence-corrected chi connectivity index (χ2v) is 6.22. The van der Waals surface area contributed by atoms with Crippen LogP contribution in [0, 0.1) is 6.92 Å². The van der Waals surface area contributed by atoms with Crippen LogP contribution in [0.1, 0.15) is 23.4 Å². The average molecular weight is 346 g/mol. The molecule has 1 amide bonds. The zero-order valence-corrected chi connectivity index (χ0v) is 14.2. The second-order valence-electron chi connectivity index (χ2n) is 6.22. The Morgan fingerprint density at radius 2 is 2.08 bits per heavy atom. The SMILES string of the molecule is Cc1cccc(=O)n1CCC(=O)N1CCc2c([nH]n(CCO)c2=O)C1. The van der Waals surface area contributed by atoms with Gasteiger partial charge >= 0.3 is 0 Å².